The summed E-state index contributed by atoms with van der Waals surface area (Å²) >= 11 is 0. The molecule has 0 aliphatic carbocycles. The van der Waals surface area contributed by atoms with E-state index in [1.807, 2.05) is 6.92 Å². The summed E-state index contributed by atoms with van der Waals surface area (Å²) < 4.78 is 4.67. The highest BCUT2D eigenvalue weighted by Crippen LogP contribution is 2.04. The van der Waals surface area contributed by atoms with Gasteiger partial charge in [0.05, 0.1) is 13.0 Å². The Morgan fingerprint density at radius 1 is 1.21 bits per heavy atom. The lowest BCUT2D eigenvalue weighted by Gasteiger charge is -2.14. The summed E-state index contributed by atoms with van der Waals surface area (Å²) in [6.07, 6.45) is 3.61. The van der Waals surface area contributed by atoms with Crippen molar-refractivity contribution in [3.8, 4) is 0 Å². The van der Waals surface area contributed by atoms with Crippen molar-refractivity contribution in [2.24, 2.45) is 16.8 Å². The molecule has 0 bridgehead atoms. The summed E-state index contributed by atoms with van der Waals surface area (Å²) in [5.74, 6) is 1.11. The van der Waals surface area contributed by atoms with E-state index in [1.54, 1.807) is 7.05 Å². The van der Waals surface area contributed by atoms with Crippen LogP contribution in [0.4, 0.5) is 0 Å². The highest BCUT2D eigenvalue weighted by Gasteiger charge is 2.12. The first kappa shape index (κ1) is 17.7. The van der Waals surface area contributed by atoms with E-state index in [-0.39, 0.29) is 11.9 Å². The van der Waals surface area contributed by atoms with Gasteiger partial charge in [0.2, 0.25) is 0 Å². The Hall–Kier alpha value is -1.26. The molecule has 112 valence electrons. The summed E-state index contributed by atoms with van der Waals surface area (Å²) in [6.45, 7) is 7.73. The van der Waals surface area contributed by atoms with E-state index in [9.17, 15) is 4.79 Å². The predicted molar refractivity (Wildman–Crippen MR) is 79.2 cm³/mol. The molecular formula is C14H29N3O2. The molecule has 0 amide bonds. The molecule has 0 fully saturated rings. The summed E-state index contributed by atoms with van der Waals surface area (Å²) in [5, 5.41) is 6.36. The SMILES string of the molecule is CN=C(NCCCCC(C)C)NCC(C)C(=O)OC. The maximum absolute atomic E-state index is 11.3. The summed E-state index contributed by atoms with van der Waals surface area (Å²) in [7, 11) is 3.13. The molecule has 5 nitrogen and oxygen atoms in total. The molecule has 0 saturated carbocycles. The Balaban J connectivity index is 3.76. The molecular weight excluding hydrogens is 242 g/mol. The average molecular weight is 271 g/mol. The minimum Gasteiger partial charge on any atom is -0.469 e. The van der Waals surface area contributed by atoms with E-state index in [4.69, 9.17) is 0 Å². The van der Waals surface area contributed by atoms with Crippen molar-refractivity contribution in [3.63, 3.8) is 0 Å². The third kappa shape index (κ3) is 9.33. The number of aliphatic imine (C=N–C) groups is 1. The van der Waals surface area contributed by atoms with Crippen LogP contribution in [0.3, 0.4) is 0 Å². The number of nitrogens with one attached hydrogen (secondary N) is 2. The lowest BCUT2D eigenvalue weighted by Crippen LogP contribution is -2.41. The van der Waals surface area contributed by atoms with Gasteiger partial charge in [0, 0.05) is 20.1 Å². The number of methoxy groups -OCH3 is 1. The van der Waals surface area contributed by atoms with Crippen molar-refractivity contribution in [1.29, 1.82) is 0 Å². The van der Waals surface area contributed by atoms with Gasteiger partial charge in [-0.3, -0.25) is 9.79 Å². The zero-order valence-electron chi connectivity index (χ0n) is 13.0. The number of hydrogen-bond acceptors (Lipinski definition) is 3. The molecule has 0 aromatic heterocycles. The fourth-order valence-corrected chi connectivity index (χ4v) is 1.64. The second-order valence-corrected chi connectivity index (χ2v) is 5.19. The van der Waals surface area contributed by atoms with E-state index in [0.717, 1.165) is 24.8 Å². The van der Waals surface area contributed by atoms with Crippen molar-refractivity contribution >= 4 is 11.9 Å². The van der Waals surface area contributed by atoms with Gasteiger partial charge in [0.25, 0.3) is 0 Å². The Labute approximate surface area is 117 Å². The van der Waals surface area contributed by atoms with Gasteiger partial charge in [0.1, 0.15) is 0 Å². The highest BCUT2D eigenvalue weighted by atomic mass is 16.5. The number of hydrogen-bond donors (Lipinski definition) is 2. The molecule has 0 aromatic carbocycles. The third-order valence-corrected chi connectivity index (χ3v) is 2.90. The standard InChI is InChI=1S/C14H29N3O2/c1-11(2)8-6-7-9-16-14(15-4)17-10-12(3)13(18)19-5/h11-12H,6-10H2,1-5H3,(H2,15,16,17). The van der Waals surface area contributed by atoms with E-state index < -0.39 is 0 Å². The quantitative estimate of drug-likeness (QED) is 0.306. The molecule has 0 radical (unpaired) electrons. The topological polar surface area (TPSA) is 62.7 Å². The Bertz CT molecular complexity index is 278. The molecule has 0 aromatic rings. The lowest BCUT2D eigenvalue weighted by molar-refractivity contribution is -0.144. The largest absolute Gasteiger partial charge is 0.469 e. The van der Waals surface area contributed by atoms with Gasteiger partial charge in [0.15, 0.2) is 5.96 Å². The Kier molecular flexibility index (Phi) is 9.94. The maximum Gasteiger partial charge on any atom is 0.310 e. The van der Waals surface area contributed by atoms with Gasteiger partial charge < -0.3 is 15.4 Å². The van der Waals surface area contributed by atoms with Crippen LogP contribution >= 0.6 is 0 Å². The van der Waals surface area contributed by atoms with E-state index in [2.05, 4.69) is 34.2 Å². The molecule has 0 aliphatic rings. The summed E-state index contributed by atoms with van der Waals surface area (Å²) in [4.78, 5) is 15.4. The van der Waals surface area contributed by atoms with E-state index >= 15 is 0 Å². The summed E-state index contributed by atoms with van der Waals surface area (Å²) in [6, 6.07) is 0. The molecule has 0 rings (SSSR count). The van der Waals surface area contributed by atoms with Crippen LogP contribution in [0.2, 0.25) is 0 Å². The van der Waals surface area contributed by atoms with Crippen molar-refractivity contribution in [3.05, 3.63) is 0 Å². The summed E-state index contributed by atoms with van der Waals surface area (Å²) in [5.41, 5.74) is 0. The predicted octanol–water partition coefficient (Wildman–Crippen LogP) is 1.79. The van der Waals surface area contributed by atoms with Crippen LogP contribution < -0.4 is 10.6 Å². The van der Waals surface area contributed by atoms with Crippen LogP contribution in [0.15, 0.2) is 4.99 Å². The minimum absolute atomic E-state index is 0.176. The molecule has 0 heterocycles. The van der Waals surface area contributed by atoms with E-state index in [0.29, 0.717) is 6.54 Å². The molecule has 5 heteroatoms. The van der Waals surface area contributed by atoms with Crippen LogP contribution in [0.1, 0.15) is 40.0 Å². The molecule has 2 N–H and O–H groups in total. The van der Waals surface area contributed by atoms with Gasteiger partial charge in [-0.2, -0.15) is 0 Å². The normalized spacial score (nSPS) is 13.3. The maximum atomic E-state index is 11.3. The Morgan fingerprint density at radius 3 is 2.42 bits per heavy atom. The molecule has 19 heavy (non-hydrogen) atoms. The van der Waals surface area contributed by atoms with Crippen LogP contribution in [-0.2, 0) is 9.53 Å². The minimum atomic E-state index is -0.208. The monoisotopic (exact) mass is 271 g/mol. The van der Waals surface area contributed by atoms with Gasteiger partial charge >= 0.3 is 5.97 Å². The number of unbranched alkanes of at least 4 members (excludes halogenated alkanes) is 1. The van der Waals surface area contributed by atoms with Crippen LogP contribution in [0.25, 0.3) is 0 Å². The van der Waals surface area contributed by atoms with Crippen LogP contribution in [-0.4, -0.2) is 39.2 Å². The van der Waals surface area contributed by atoms with Crippen molar-refractivity contribution in [2.45, 2.75) is 40.0 Å². The molecule has 1 atom stereocenters. The zero-order valence-corrected chi connectivity index (χ0v) is 13.0. The number of rotatable bonds is 8. The molecule has 0 aliphatic heterocycles. The van der Waals surface area contributed by atoms with Gasteiger partial charge in [-0.25, -0.2) is 0 Å². The van der Waals surface area contributed by atoms with Gasteiger partial charge in [-0.1, -0.05) is 33.6 Å². The number of carbonyl (C=O) groups is 1. The first-order valence-corrected chi connectivity index (χ1v) is 7.03. The number of esters is 1. The van der Waals surface area contributed by atoms with E-state index in [1.165, 1.54) is 20.0 Å². The number of carbonyl (C=O) groups excluding carboxylic acids is 1. The van der Waals surface area contributed by atoms with Crippen molar-refractivity contribution < 1.29 is 9.53 Å². The average Bonchev–Trinajstić information content (AvgIpc) is 2.40. The first-order valence-electron chi connectivity index (χ1n) is 7.03. The van der Waals surface area contributed by atoms with Crippen LogP contribution in [0.5, 0.6) is 0 Å². The first-order chi connectivity index (χ1) is 9.01. The molecule has 1 unspecified atom stereocenters. The van der Waals surface area contributed by atoms with Gasteiger partial charge in [-0.05, 0) is 12.3 Å². The fourth-order valence-electron chi connectivity index (χ4n) is 1.64. The van der Waals surface area contributed by atoms with Crippen molar-refractivity contribution in [1.82, 2.24) is 10.6 Å². The van der Waals surface area contributed by atoms with Gasteiger partial charge in [-0.15, -0.1) is 0 Å². The number of ether oxygens (including phenoxy) is 1. The number of guanidine groups is 1. The second-order valence-electron chi connectivity index (χ2n) is 5.19. The smallest absolute Gasteiger partial charge is 0.310 e. The Morgan fingerprint density at radius 2 is 1.89 bits per heavy atom. The highest BCUT2D eigenvalue weighted by molar-refractivity contribution is 5.80. The molecule has 0 spiro atoms. The fraction of sp³-hybridized carbons (Fsp3) is 0.857. The second kappa shape index (κ2) is 10.6. The third-order valence-electron chi connectivity index (χ3n) is 2.90. The van der Waals surface area contributed by atoms with Crippen molar-refractivity contribution in [2.75, 3.05) is 27.2 Å². The van der Waals surface area contributed by atoms with Crippen LogP contribution in [0, 0.1) is 11.8 Å². The number of nitrogens with zero attached hydrogens (tertiary/aromatic N) is 1. The zero-order chi connectivity index (χ0) is 14.7. The lowest BCUT2D eigenvalue weighted by atomic mass is 10.1. The molecule has 0 saturated heterocycles.